The van der Waals surface area contributed by atoms with Gasteiger partial charge in [-0.05, 0) is 79.4 Å². The second kappa shape index (κ2) is 5.41. The molecule has 0 radical (unpaired) electrons. The van der Waals surface area contributed by atoms with Gasteiger partial charge in [0.25, 0.3) is 0 Å². The van der Waals surface area contributed by atoms with Crippen LogP contribution in [0.4, 0.5) is 5.69 Å². The van der Waals surface area contributed by atoms with Gasteiger partial charge in [0.2, 0.25) is 0 Å². The lowest BCUT2D eigenvalue weighted by Crippen LogP contribution is -2.51. The summed E-state index contributed by atoms with van der Waals surface area (Å²) < 4.78 is 1.25. The third kappa shape index (κ3) is 3.03. The van der Waals surface area contributed by atoms with Gasteiger partial charge in [-0.1, -0.05) is 11.6 Å². The molecule has 2 aliphatic rings. The molecule has 0 amide bonds. The quantitative estimate of drug-likeness (QED) is 0.770. The first kappa shape index (κ1) is 14.0. The van der Waals surface area contributed by atoms with Gasteiger partial charge in [0.15, 0.2) is 0 Å². The minimum absolute atomic E-state index is 0.277. The second-order valence-corrected chi connectivity index (χ2v) is 7.59. The van der Waals surface area contributed by atoms with Crippen molar-refractivity contribution in [2.24, 2.45) is 5.92 Å². The molecule has 19 heavy (non-hydrogen) atoms. The van der Waals surface area contributed by atoms with Crippen LogP contribution in [0.5, 0.6) is 0 Å². The fraction of sp³-hybridized carbons (Fsp3) is 0.600. The molecule has 1 unspecified atom stereocenters. The van der Waals surface area contributed by atoms with E-state index in [0.717, 1.165) is 30.6 Å². The Hall–Kier alpha value is -0.0000000000000000763. The topological polar surface area (TPSA) is 15.3 Å². The lowest BCUT2D eigenvalue weighted by molar-refractivity contribution is 0.331. The molecule has 3 rings (SSSR count). The van der Waals surface area contributed by atoms with Crippen molar-refractivity contribution < 1.29 is 0 Å². The number of nitrogens with one attached hydrogen (secondary N) is 1. The van der Waals surface area contributed by atoms with Gasteiger partial charge in [-0.3, -0.25) is 0 Å². The predicted octanol–water partition coefficient (Wildman–Crippen LogP) is 3.91. The highest BCUT2D eigenvalue weighted by molar-refractivity contribution is 14.1. The van der Waals surface area contributed by atoms with Gasteiger partial charge in [0, 0.05) is 27.2 Å². The summed E-state index contributed by atoms with van der Waals surface area (Å²) in [5, 5.41) is 4.61. The van der Waals surface area contributed by atoms with E-state index in [1.165, 1.54) is 28.5 Å². The van der Waals surface area contributed by atoms with Crippen molar-refractivity contribution in [3.8, 4) is 0 Å². The Morgan fingerprint density at radius 3 is 2.89 bits per heavy atom. The Morgan fingerprint density at radius 1 is 1.42 bits per heavy atom. The molecular formula is C15H20ClIN2. The van der Waals surface area contributed by atoms with Crippen LogP contribution >= 0.6 is 34.2 Å². The van der Waals surface area contributed by atoms with E-state index < -0.39 is 0 Å². The van der Waals surface area contributed by atoms with Crippen molar-refractivity contribution in [2.45, 2.75) is 31.7 Å². The maximum atomic E-state index is 6.07. The maximum Gasteiger partial charge on any atom is 0.0503 e. The van der Waals surface area contributed by atoms with E-state index in [1.807, 2.05) is 6.07 Å². The van der Waals surface area contributed by atoms with E-state index in [9.17, 15) is 0 Å². The zero-order valence-electron chi connectivity index (χ0n) is 11.3. The highest BCUT2D eigenvalue weighted by Crippen LogP contribution is 2.41. The Bertz CT molecular complexity index is 475. The van der Waals surface area contributed by atoms with E-state index in [1.54, 1.807) is 0 Å². The molecular weight excluding hydrogens is 371 g/mol. The molecule has 0 spiro atoms. The average molecular weight is 391 g/mol. The minimum atomic E-state index is 0.277. The fourth-order valence-corrected chi connectivity index (χ4v) is 4.33. The molecule has 104 valence electrons. The minimum Gasteiger partial charge on any atom is -0.369 e. The molecule has 1 saturated heterocycles. The van der Waals surface area contributed by atoms with E-state index in [2.05, 4.69) is 51.9 Å². The van der Waals surface area contributed by atoms with Crippen LogP contribution in [0.1, 0.15) is 26.2 Å². The summed E-state index contributed by atoms with van der Waals surface area (Å²) in [7, 11) is 0. The zero-order chi connectivity index (χ0) is 13.5. The number of benzene rings is 1. The van der Waals surface area contributed by atoms with Crippen LogP contribution in [-0.2, 0) is 0 Å². The van der Waals surface area contributed by atoms with Crippen molar-refractivity contribution in [2.75, 3.05) is 24.5 Å². The van der Waals surface area contributed by atoms with Crippen molar-refractivity contribution in [3.05, 3.63) is 26.8 Å². The molecule has 1 N–H and O–H groups in total. The second-order valence-electron chi connectivity index (χ2n) is 5.99. The summed E-state index contributed by atoms with van der Waals surface area (Å²) >= 11 is 8.47. The Kier molecular flexibility index (Phi) is 3.98. The monoisotopic (exact) mass is 390 g/mol. The van der Waals surface area contributed by atoms with E-state index >= 15 is 0 Å². The molecule has 4 heteroatoms. The first-order valence-corrected chi connectivity index (χ1v) is 8.49. The highest BCUT2D eigenvalue weighted by Gasteiger charge is 2.43. The van der Waals surface area contributed by atoms with Crippen molar-refractivity contribution >= 4 is 39.9 Å². The first-order valence-electron chi connectivity index (χ1n) is 7.03. The van der Waals surface area contributed by atoms with Gasteiger partial charge < -0.3 is 10.2 Å². The van der Waals surface area contributed by atoms with Crippen LogP contribution in [-0.4, -0.2) is 25.2 Å². The molecule has 0 aromatic heterocycles. The number of hydrogen-bond donors (Lipinski definition) is 1. The van der Waals surface area contributed by atoms with Gasteiger partial charge in [0.1, 0.15) is 0 Å². The number of halogens is 2. The Morgan fingerprint density at radius 2 is 2.21 bits per heavy atom. The van der Waals surface area contributed by atoms with Crippen molar-refractivity contribution in [3.63, 3.8) is 0 Å². The summed E-state index contributed by atoms with van der Waals surface area (Å²) in [5.74, 6) is 0.859. The van der Waals surface area contributed by atoms with E-state index in [0.29, 0.717) is 0 Å². The van der Waals surface area contributed by atoms with E-state index in [-0.39, 0.29) is 5.54 Å². The first-order chi connectivity index (χ1) is 9.08. The third-order valence-corrected chi connectivity index (χ3v) is 5.48. The largest absolute Gasteiger partial charge is 0.369 e. The number of rotatable bonds is 2. The maximum absolute atomic E-state index is 6.07. The third-order valence-electron chi connectivity index (χ3n) is 4.38. The molecule has 0 bridgehead atoms. The van der Waals surface area contributed by atoms with Crippen LogP contribution in [0.2, 0.25) is 5.02 Å². The summed E-state index contributed by atoms with van der Waals surface area (Å²) in [4.78, 5) is 2.54. The van der Waals surface area contributed by atoms with Gasteiger partial charge in [0.05, 0.1) is 5.69 Å². The van der Waals surface area contributed by atoms with Crippen LogP contribution < -0.4 is 10.2 Å². The normalized spacial score (nSPS) is 28.3. The molecule has 1 aliphatic heterocycles. The standard InChI is InChI=1S/C15H20ClIN2/c1-15(11-3-4-11)10-19(8-2-7-18-15)14-6-5-12(16)9-13(14)17/h5-6,9,11,18H,2-4,7-8,10H2,1H3. The molecule has 1 atom stereocenters. The lowest BCUT2D eigenvalue weighted by Gasteiger charge is -2.35. The molecule has 1 aliphatic carbocycles. The van der Waals surface area contributed by atoms with Crippen LogP contribution in [0.3, 0.4) is 0 Å². The Balaban J connectivity index is 1.86. The molecule has 1 aromatic rings. The van der Waals surface area contributed by atoms with Crippen LogP contribution in [0.15, 0.2) is 18.2 Å². The average Bonchev–Trinajstić information content (AvgIpc) is 3.16. The molecule has 2 nitrogen and oxygen atoms in total. The highest BCUT2D eigenvalue weighted by atomic mass is 127. The van der Waals surface area contributed by atoms with Crippen molar-refractivity contribution in [1.29, 1.82) is 0 Å². The molecule has 2 fully saturated rings. The van der Waals surface area contributed by atoms with Gasteiger partial charge >= 0.3 is 0 Å². The van der Waals surface area contributed by atoms with Crippen LogP contribution in [0.25, 0.3) is 0 Å². The van der Waals surface area contributed by atoms with Gasteiger partial charge in [-0.25, -0.2) is 0 Å². The number of hydrogen-bond acceptors (Lipinski definition) is 2. The zero-order valence-corrected chi connectivity index (χ0v) is 14.2. The van der Waals surface area contributed by atoms with Crippen molar-refractivity contribution in [1.82, 2.24) is 5.32 Å². The Labute approximate surface area is 134 Å². The SMILES string of the molecule is CC1(C2CC2)CN(c2ccc(Cl)cc2I)CCCN1. The van der Waals surface area contributed by atoms with Crippen LogP contribution in [0, 0.1) is 9.49 Å². The summed E-state index contributed by atoms with van der Waals surface area (Å²) in [5.41, 5.74) is 1.61. The predicted molar refractivity (Wildman–Crippen MR) is 90.1 cm³/mol. The smallest absolute Gasteiger partial charge is 0.0503 e. The lowest BCUT2D eigenvalue weighted by atomic mass is 9.95. The molecule has 1 heterocycles. The summed E-state index contributed by atoms with van der Waals surface area (Å²) in [6.45, 7) is 5.77. The van der Waals surface area contributed by atoms with E-state index in [4.69, 9.17) is 11.6 Å². The summed E-state index contributed by atoms with van der Waals surface area (Å²) in [6.07, 6.45) is 3.98. The number of anilines is 1. The number of nitrogens with zero attached hydrogens (tertiary/aromatic N) is 1. The van der Waals surface area contributed by atoms with Gasteiger partial charge in [-0.15, -0.1) is 0 Å². The summed E-state index contributed by atoms with van der Waals surface area (Å²) in [6, 6.07) is 6.23. The fourth-order valence-electron chi connectivity index (χ4n) is 3.11. The van der Waals surface area contributed by atoms with Gasteiger partial charge in [-0.2, -0.15) is 0 Å². The molecule has 1 aromatic carbocycles. The molecule has 1 saturated carbocycles.